The van der Waals surface area contributed by atoms with Crippen molar-refractivity contribution in [2.45, 2.75) is 33.2 Å². The second-order valence-electron chi connectivity index (χ2n) is 6.60. The molecule has 0 saturated carbocycles. The maximum Gasteiger partial charge on any atom is 0.120 e. The zero-order valence-electron chi connectivity index (χ0n) is 16.5. The maximum absolute atomic E-state index is 11.9. The summed E-state index contributed by atoms with van der Waals surface area (Å²) < 4.78 is 22.5. The molecule has 0 aliphatic carbocycles. The van der Waals surface area contributed by atoms with Gasteiger partial charge in [-0.2, -0.15) is 5.26 Å². The lowest BCUT2D eigenvalue weighted by Crippen LogP contribution is -2.07. The van der Waals surface area contributed by atoms with Crippen LogP contribution in [0.4, 0.5) is 5.69 Å². The fourth-order valence-corrected chi connectivity index (χ4v) is 4.26. The van der Waals surface area contributed by atoms with E-state index in [-0.39, 0.29) is 0 Å². The number of ether oxygens (including phenoxy) is 1. The average molecular weight is 396 g/mol. The van der Waals surface area contributed by atoms with Gasteiger partial charge in [-0.3, -0.25) is 0 Å². The van der Waals surface area contributed by atoms with Gasteiger partial charge in [0, 0.05) is 29.4 Å². The molecular weight excluding hydrogens is 370 g/mol. The van der Waals surface area contributed by atoms with Crippen molar-refractivity contribution >= 4 is 27.6 Å². The Kier molecular flexibility index (Phi) is 6.37. The molecule has 3 aromatic rings. The molecule has 0 radical (unpaired) electrons. The van der Waals surface area contributed by atoms with Gasteiger partial charge in [-0.25, -0.2) is 4.21 Å². The average Bonchev–Trinajstić information content (AvgIpc) is 3.01. The molecule has 0 spiro atoms. The summed E-state index contributed by atoms with van der Waals surface area (Å²) in [7, 11) is 0.574. The smallest absolute Gasteiger partial charge is 0.120 e. The second-order valence-corrected chi connectivity index (χ2v) is 7.90. The van der Waals surface area contributed by atoms with E-state index in [1.807, 2.05) is 49.4 Å². The van der Waals surface area contributed by atoms with Crippen molar-refractivity contribution in [3.05, 3.63) is 48.0 Å². The summed E-state index contributed by atoms with van der Waals surface area (Å²) in [5.74, 6) is 1.39. The number of aromatic nitrogens is 1. The predicted molar refractivity (Wildman–Crippen MR) is 116 cm³/mol. The third-order valence-corrected chi connectivity index (χ3v) is 5.85. The number of hydrogen-bond donors (Lipinski definition) is 1. The van der Waals surface area contributed by atoms with Gasteiger partial charge in [0.25, 0.3) is 0 Å². The van der Waals surface area contributed by atoms with Crippen LogP contribution in [0.25, 0.3) is 22.2 Å². The minimum absolute atomic E-state index is 0.618. The van der Waals surface area contributed by atoms with E-state index in [1.54, 1.807) is 7.11 Å². The number of rotatable bonds is 8. The normalized spacial score (nSPS) is 11.9. The molecule has 1 atom stereocenters. The monoisotopic (exact) mass is 395 g/mol. The van der Waals surface area contributed by atoms with E-state index >= 15 is 0 Å². The van der Waals surface area contributed by atoms with Crippen LogP contribution in [0.1, 0.15) is 32.3 Å². The van der Waals surface area contributed by atoms with E-state index in [2.05, 4.69) is 22.3 Å². The Morgan fingerprint density at radius 2 is 1.89 bits per heavy atom. The van der Waals surface area contributed by atoms with Gasteiger partial charge in [0.2, 0.25) is 0 Å². The Morgan fingerprint density at radius 3 is 2.50 bits per heavy atom. The zero-order valence-corrected chi connectivity index (χ0v) is 17.3. The number of hydrogen-bond acceptors (Lipinski definition) is 3. The fraction of sp³-hybridized carbons (Fsp3) is 0.318. The Morgan fingerprint density at radius 1 is 1.14 bits per heavy atom. The van der Waals surface area contributed by atoms with Crippen LogP contribution in [0, 0.1) is 11.3 Å². The molecule has 5 nitrogen and oxygen atoms in total. The minimum atomic E-state index is -1.07. The minimum Gasteiger partial charge on any atom is -0.497 e. The fourth-order valence-electron chi connectivity index (χ4n) is 3.39. The number of anilines is 1. The molecule has 28 heavy (non-hydrogen) atoms. The molecular formula is C22H25N3O2S. The van der Waals surface area contributed by atoms with Crippen LogP contribution in [-0.2, 0) is 17.5 Å². The van der Waals surface area contributed by atoms with E-state index in [9.17, 15) is 9.47 Å². The first-order chi connectivity index (χ1) is 13.6. The molecule has 1 heterocycles. The summed E-state index contributed by atoms with van der Waals surface area (Å²) in [5, 5.41) is 10.8. The largest absolute Gasteiger partial charge is 0.497 e. The van der Waals surface area contributed by atoms with Crippen LogP contribution in [0.2, 0.25) is 0 Å². The van der Waals surface area contributed by atoms with Gasteiger partial charge >= 0.3 is 0 Å². The molecule has 0 aliphatic rings. The van der Waals surface area contributed by atoms with Crippen molar-refractivity contribution in [2.75, 3.05) is 17.6 Å². The van der Waals surface area contributed by atoms with Gasteiger partial charge < -0.3 is 14.0 Å². The molecule has 1 N–H and O–H groups in total. The van der Waals surface area contributed by atoms with Gasteiger partial charge in [-0.05, 0) is 42.7 Å². The van der Waals surface area contributed by atoms with Crippen molar-refractivity contribution in [3.63, 3.8) is 0 Å². The van der Waals surface area contributed by atoms with Crippen molar-refractivity contribution in [2.24, 2.45) is 0 Å². The van der Waals surface area contributed by atoms with E-state index in [0.29, 0.717) is 11.3 Å². The van der Waals surface area contributed by atoms with Crippen molar-refractivity contribution in [1.29, 1.82) is 5.26 Å². The number of aryl methyl sites for hydroxylation is 1. The summed E-state index contributed by atoms with van der Waals surface area (Å²) in [6, 6.07) is 16.0. The second kappa shape index (κ2) is 8.94. The Balaban J connectivity index is 2.10. The zero-order chi connectivity index (χ0) is 20.1. The maximum atomic E-state index is 11.9. The molecule has 2 aromatic carbocycles. The first-order valence-corrected chi connectivity index (χ1v) is 10.8. The summed E-state index contributed by atoms with van der Waals surface area (Å²) in [6.45, 7) is 4.94. The number of nitrogens with one attached hydrogen (secondary N) is 1. The van der Waals surface area contributed by atoms with E-state index in [0.717, 1.165) is 53.0 Å². The number of nitrogens with zero attached hydrogens (tertiary/aromatic N) is 2. The molecule has 3 rings (SSSR count). The van der Waals surface area contributed by atoms with Crippen LogP contribution in [0.3, 0.4) is 0 Å². The van der Waals surface area contributed by atoms with E-state index in [1.165, 1.54) is 0 Å². The molecule has 1 aromatic heterocycles. The molecule has 6 heteroatoms. The van der Waals surface area contributed by atoms with Crippen molar-refractivity contribution < 1.29 is 8.95 Å². The molecule has 0 saturated heterocycles. The van der Waals surface area contributed by atoms with Gasteiger partial charge in [-0.15, -0.1) is 0 Å². The van der Waals surface area contributed by atoms with Gasteiger partial charge in [-0.1, -0.05) is 26.0 Å². The van der Waals surface area contributed by atoms with Crippen LogP contribution < -0.4 is 9.46 Å². The highest BCUT2D eigenvalue weighted by Crippen LogP contribution is 2.36. The SMILES string of the molecule is CCCn1c(-c2ccc(NS(=O)CCC)cc2)c(C#N)c2ccc(OC)cc21. The summed E-state index contributed by atoms with van der Waals surface area (Å²) in [4.78, 5) is 0. The Hall–Kier alpha value is -2.78. The summed E-state index contributed by atoms with van der Waals surface area (Å²) in [5.41, 5.74) is 4.36. The molecule has 146 valence electrons. The van der Waals surface area contributed by atoms with Gasteiger partial charge in [0.1, 0.15) is 22.8 Å². The lowest BCUT2D eigenvalue weighted by atomic mass is 10.1. The third kappa shape index (κ3) is 3.90. The predicted octanol–water partition coefficient (Wildman–Crippen LogP) is 5.08. The first-order valence-electron chi connectivity index (χ1n) is 9.48. The summed E-state index contributed by atoms with van der Waals surface area (Å²) >= 11 is 0. The number of fused-ring (bicyclic) bond motifs is 1. The Bertz CT molecular complexity index is 1030. The lowest BCUT2D eigenvalue weighted by Gasteiger charge is -2.12. The molecule has 1 unspecified atom stereocenters. The first kappa shape index (κ1) is 20.0. The van der Waals surface area contributed by atoms with E-state index < -0.39 is 11.0 Å². The standard InChI is InChI=1S/C22H25N3O2S/c1-4-12-25-21-14-18(27-3)10-11-19(21)20(15-23)22(25)16-6-8-17(9-7-16)24-28(26)13-5-2/h6-11,14,24H,4-5,12-13H2,1-3H3. The van der Waals surface area contributed by atoms with Gasteiger partial charge in [0.05, 0.1) is 23.9 Å². The number of benzene rings is 2. The molecule has 0 aliphatic heterocycles. The van der Waals surface area contributed by atoms with Crippen molar-refractivity contribution in [3.8, 4) is 23.1 Å². The van der Waals surface area contributed by atoms with Gasteiger partial charge in [0.15, 0.2) is 0 Å². The Labute approximate surface area is 168 Å². The number of nitriles is 1. The highest BCUT2D eigenvalue weighted by molar-refractivity contribution is 7.86. The molecule has 0 amide bonds. The quantitative estimate of drug-likeness (QED) is 0.578. The van der Waals surface area contributed by atoms with Crippen LogP contribution in [0.15, 0.2) is 42.5 Å². The van der Waals surface area contributed by atoms with Crippen molar-refractivity contribution in [1.82, 2.24) is 4.57 Å². The van der Waals surface area contributed by atoms with Crippen LogP contribution in [-0.4, -0.2) is 21.6 Å². The third-order valence-electron chi connectivity index (χ3n) is 4.61. The van der Waals surface area contributed by atoms with E-state index in [4.69, 9.17) is 4.74 Å². The highest BCUT2D eigenvalue weighted by Gasteiger charge is 2.19. The highest BCUT2D eigenvalue weighted by atomic mass is 32.2. The molecule has 0 bridgehead atoms. The molecule has 0 fully saturated rings. The van der Waals surface area contributed by atoms with Crippen LogP contribution in [0.5, 0.6) is 5.75 Å². The van der Waals surface area contributed by atoms with Crippen LogP contribution >= 0.6 is 0 Å². The topological polar surface area (TPSA) is 67.0 Å². The lowest BCUT2D eigenvalue weighted by molar-refractivity contribution is 0.415. The summed E-state index contributed by atoms with van der Waals surface area (Å²) in [6.07, 6.45) is 1.82. The number of methoxy groups -OCH3 is 1.